The third-order valence-electron chi connectivity index (χ3n) is 13.3. The van der Waals surface area contributed by atoms with Crippen molar-refractivity contribution >= 4 is 47.4 Å². The zero-order valence-corrected chi connectivity index (χ0v) is 41.5. The van der Waals surface area contributed by atoms with E-state index in [9.17, 15) is 79.8 Å². The van der Waals surface area contributed by atoms with E-state index < -0.39 is 142 Å². The van der Waals surface area contributed by atoms with Gasteiger partial charge in [-0.1, -0.05) is 12.8 Å². The summed E-state index contributed by atoms with van der Waals surface area (Å²) in [7, 11) is 0. The first-order chi connectivity index (χ1) is 34.7. The molecule has 19 atom stereocenters. The van der Waals surface area contributed by atoms with Crippen LogP contribution in [0.5, 0.6) is 0 Å². The standard InChI is InChI=1S/C44H74N6O22S/c1-20(53)47-31-23(55)15-44(42(64)65,72-39(31)33(59)24(56)16-51)68-18-26-34(60)36(62)37(63)41(70-26)71-38-25(17-52)69-40(32(35(38)61)48-21(2)54)67-14-8-13-46-28(57)10-4-3-7-12-45-29(58)11-6-5-9-27-30-22(19-73-27)49-43(66)50-30/h22-27,30-41,51-52,55-56,59-63H,3-19H2,1-2H3,(H,45,58)(H,46,57)(H,47,53)(H,48,54)(H,64,65)(H2,49,50,66)/t22-,23-,24+,25+,26+,27-,30-,31+,32+,33+,34-,35+,36-,37+,38+,39+,40+,41-,44+/m0/s1. The van der Waals surface area contributed by atoms with Gasteiger partial charge in [0.25, 0.3) is 5.79 Å². The molecule has 16 N–H and O–H groups in total. The number of unbranched alkanes of at least 4 members (excludes halogenated alkanes) is 3. The fraction of sp³-hybridized carbons (Fsp3) is 0.864. The lowest BCUT2D eigenvalue weighted by molar-refractivity contribution is -0.360. The number of rotatable bonds is 28. The number of carboxylic acids is 1. The van der Waals surface area contributed by atoms with Gasteiger partial charge in [-0.15, -0.1) is 0 Å². The highest BCUT2D eigenvalue weighted by Crippen LogP contribution is 2.36. The normalized spacial score (nSPS) is 36.0. The Labute approximate surface area is 424 Å². The first-order valence-corrected chi connectivity index (χ1v) is 25.6. The van der Waals surface area contributed by atoms with Crippen LogP contribution in [0.15, 0.2) is 0 Å². The summed E-state index contributed by atoms with van der Waals surface area (Å²) in [5, 5.41) is 123. The maximum atomic E-state index is 12.7. The van der Waals surface area contributed by atoms with Crippen molar-refractivity contribution in [3.8, 4) is 0 Å². The van der Waals surface area contributed by atoms with Crippen molar-refractivity contribution in [1.82, 2.24) is 31.9 Å². The van der Waals surface area contributed by atoms with Crippen LogP contribution in [0.3, 0.4) is 0 Å². The van der Waals surface area contributed by atoms with Crippen LogP contribution in [-0.2, 0) is 52.4 Å². The molecule has 5 aliphatic rings. The molecular formula is C44H74N6O22S. The van der Waals surface area contributed by atoms with E-state index in [1.807, 2.05) is 11.8 Å². The summed E-state index contributed by atoms with van der Waals surface area (Å²) in [6.45, 7) is -0.0344. The van der Waals surface area contributed by atoms with E-state index in [-0.39, 0.29) is 55.9 Å². The van der Waals surface area contributed by atoms with Gasteiger partial charge in [-0.3, -0.25) is 19.2 Å². The molecule has 0 saturated carbocycles. The Kier molecular flexibility index (Phi) is 23.5. The van der Waals surface area contributed by atoms with Gasteiger partial charge in [0.2, 0.25) is 23.6 Å². The molecule has 73 heavy (non-hydrogen) atoms. The molecule has 0 bridgehead atoms. The monoisotopic (exact) mass is 1070 g/mol. The van der Waals surface area contributed by atoms with E-state index >= 15 is 0 Å². The highest BCUT2D eigenvalue weighted by molar-refractivity contribution is 8.00. The van der Waals surface area contributed by atoms with Gasteiger partial charge in [-0.25, -0.2) is 9.59 Å². The topological polar surface area (TPSA) is 432 Å². The van der Waals surface area contributed by atoms with Gasteiger partial charge in [0.1, 0.15) is 67.1 Å². The Morgan fingerprint density at radius 2 is 1.44 bits per heavy atom. The number of hydrogen-bond acceptors (Lipinski definition) is 22. The van der Waals surface area contributed by atoms with Crippen LogP contribution in [0.2, 0.25) is 0 Å². The maximum Gasteiger partial charge on any atom is 0.364 e. The number of fused-ring (bicyclic) bond motifs is 1. The first kappa shape index (κ1) is 60.2. The number of nitrogens with one attached hydrogen (secondary N) is 6. The maximum absolute atomic E-state index is 12.7. The van der Waals surface area contributed by atoms with Crippen molar-refractivity contribution in [1.29, 1.82) is 0 Å². The number of carbonyl (C=O) groups excluding carboxylic acids is 5. The Hall–Kier alpha value is -3.63. The summed E-state index contributed by atoms with van der Waals surface area (Å²) in [6.07, 6.45) is -19.2. The molecule has 0 spiro atoms. The van der Waals surface area contributed by atoms with E-state index in [2.05, 4.69) is 31.9 Å². The second-order valence-corrected chi connectivity index (χ2v) is 20.1. The second-order valence-electron chi connectivity index (χ2n) is 18.9. The fourth-order valence-electron chi connectivity index (χ4n) is 9.35. The number of hydrogen-bond donors (Lipinski definition) is 16. The van der Waals surface area contributed by atoms with Gasteiger partial charge < -0.3 is 111 Å². The van der Waals surface area contributed by atoms with E-state index in [4.69, 9.17) is 28.4 Å². The molecule has 418 valence electrons. The number of aliphatic hydroxyl groups is 9. The molecule has 5 saturated heterocycles. The summed E-state index contributed by atoms with van der Waals surface area (Å²) in [6, 6.07) is -2.68. The highest BCUT2D eigenvalue weighted by Gasteiger charge is 2.57. The number of amides is 6. The van der Waals surface area contributed by atoms with Crippen molar-refractivity contribution < 1.29 is 108 Å². The molecule has 0 unspecified atom stereocenters. The average molecular weight is 1070 g/mol. The molecule has 5 rings (SSSR count). The predicted molar refractivity (Wildman–Crippen MR) is 248 cm³/mol. The van der Waals surface area contributed by atoms with Crippen molar-refractivity contribution in [2.45, 2.75) is 193 Å². The summed E-state index contributed by atoms with van der Waals surface area (Å²) < 4.78 is 34.3. The third kappa shape index (κ3) is 16.4. The smallest absolute Gasteiger partial charge is 0.364 e. The number of carbonyl (C=O) groups is 6. The summed E-state index contributed by atoms with van der Waals surface area (Å²) in [4.78, 5) is 73.2. The van der Waals surface area contributed by atoms with E-state index in [0.717, 1.165) is 45.3 Å². The van der Waals surface area contributed by atoms with Crippen LogP contribution in [0.1, 0.15) is 78.1 Å². The van der Waals surface area contributed by atoms with E-state index in [1.165, 1.54) is 0 Å². The number of urea groups is 1. The van der Waals surface area contributed by atoms with Crippen LogP contribution in [0, 0.1) is 0 Å². The van der Waals surface area contributed by atoms with Crippen LogP contribution in [-0.4, -0.2) is 247 Å². The number of thioether (sulfide) groups is 1. The van der Waals surface area contributed by atoms with Crippen LogP contribution < -0.4 is 31.9 Å². The quantitative estimate of drug-likeness (QED) is 0.0256. The van der Waals surface area contributed by atoms with Crippen molar-refractivity contribution in [3.05, 3.63) is 0 Å². The molecular weight excluding hydrogens is 997 g/mol. The Morgan fingerprint density at radius 3 is 2.08 bits per heavy atom. The lowest BCUT2D eigenvalue weighted by Crippen LogP contribution is -2.69. The highest BCUT2D eigenvalue weighted by atomic mass is 32.2. The second kappa shape index (κ2) is 28.5. The fourth-order valence-corrected chi connectivity index (χ4v) is 10.9. The average Bonchev–Trinajstić information content (AvgIpc) is 3.91. The third-order valence-corrected chi connectivity index (χ3v) is 14.8. The molecule has 29 heteroatoms. The van der Waals surface area contributed by atoms with Gasteiger partial charge >= 0.3 is 12.0 Å². The van der Waals surface area contributed by atoms with Crippen LogP contribution in [0.25, 0.3) is 0 Å². The molecule has 0 radical (unpaired) electrons. The molecule has 0 aromatic carbocycles. The first-order valence-electron chi connectivity index (χ1n) is 24.6. The number of aliphatic hydroxyl groups excluding tert-OH is 9. The number of aliphatic carboxylic acids is 1. The van der Waals surface area contributed by atoms with Crippen molar-refractivity contribution in [3.63, 3.8) is 0 Å². The Balaban J connectivity index is 1.04. The molecule has 5 heterocycles. The van der Waals surface area contributed by atoms with E-state index in [1.54, 1.807) is 0 Å². The van der Waals surface area contributed by atoms with Gasteiger partial charge in [-0.05, 0) is 32.1 Å². The Morgan fingerprint density at radius 1 is 0.795 bits per heavy atom. The predicted octanol–water partition coefficient (Wildman–Crippen LogP) is -6.15. The molecule has 28 nitrogen and oxygen atoms in total. The SMILES string of the molecule is CC(=O)N[C@H]1[C@H](OCCCNC(=O)CCCCCNC(=O)CCCC[C@@H]2SC[C@@H]3NC(=O)N[C@@H]32)O[C@H](CO)[C@@H](O[C@@H]2O[C@H](CO[C@]3(C(=O)O)C[C@H](O)[C@@H](NC(C)=O)[C@H]([C@H](O)[C@H](O)CO)O3)[C@H](O)[C@H](O)[C@H]2O)[C@@H]1O. The minimum Gasteiger partial charge on any atom is -0.477 e. The minimum atomic E-state index is -2.88. The lowest BCUT2D eigenvalue weighted by Gasteiger charge is -2.48. The van der Waals surface area contributed by atoms with Gasteiger partial charge in [0.05, 0.1) is 50.7 Å². The van der Waals surface area contributed by atoms with Crippen LogP contribution in [0.4, 0.5) is 4.79 Å². The number of carboxylic acid groups (broad SMARTS) is 1. The van der Waals surface area contributed by atoms with Crippen molar-refractivity contribution in [2.75, 3.05) is 45.3 Å². The van der Waals surface area contributed by atoms with Crippen LogP contribution >= 0.6 is 11.8 Å². The largest absolute Gasteiger partial charge is 0.477 e. The minimum absolute atomic E-state index is 0.0217. The molecule has 0 aliphatic carbocycles. The van der Waals surface area contributed by atoms with Gasteiger partial charge in [-0.2, -0.15) is 11.8 Å². The molecule has 5 fully saturated rings. The Bertz CT molecular complexity index is 1830. The molecule has 5 aliphatic heterocycles. The van der Waals surface area contributed by atoms with E-state index in [0.29, 0.717) is 31.1 Å². The van der Waals surface area contributed by atoms with Gasteiger partial charge in [0, 0.05) is 57.2 Å². The summed E-state index contributed by atoms with van der Waals surface area (Å²) in [5.74, 6) is -5.47. The zero-order chi connectivity index (χ0) is 53.6. The van der Waals surface area contributed by atoms with Crippen molar-refractivity contribution in [2.24, 2.45) is 0 Å². The summed E-state index contributed by atoms with van der Waals surface area (Å²) >= 11 is 1.85. The van der Waals surface area contributed by atoms with Gasteiger partial charge in [0.15, 0.2) is 12.6 Å². The summed E-state index contributed by atoms with van der Waals surface area (Å²) in [5.41, 5.74) is 0. The number of ether oxygens (including phenoxy) is 6. The zero-order valence-electron chi connectivity index (χ0n) is 40.7. The molecule has 6 amide bonds. The lowest BCUT2D eigenvalue weighted by atomic mass is 9.88. The molecule has 0 aromatic heterocycles. The molecule has 0 aromatic rings.